The summed E-state index contributed by atoms with van der Waals surface area (Å²) in [5.41, 5.74) is 3.95. The number of carbonyl (C=O) groups excluding carboxylic acids is 2. The van der Waals surface area contributed by atoms with E-state index in [1.165, 1.54) is 5.56 Å². The molecule has 0 spiro atoms. The number of amides is 2. The molecule has 2 aromatic carbocycles. The van der Waals surface area contributed by atoms with Gasteiger partial charge in [0.1, 0.15) is 18.2 Å². The van der Waals surface area contributed by atoms with Crippen LogP contribution < -0.4 is 10.1 Å². The maximum Gasteiger partial charge on any atom is 0.253 e. The molecular weight excluding hydrogens is 416 g/mol. The first-order chi connectivity index (χ1) is 15.7. The highest BCUT2D eigenvalue weighted by molar-refractivity contribution is 5.98. The Morgan fingerprint density at radius 3 is 2.79 bits per heavy atom. The molecule has 2 N–H and O–H groups in total. The molecule has 174 valence electrons. The molecule has 7 nitrogen and oxygen atoms in total. The van der Waals surface area contributed by atoms with Gasteiger partial charge in [-0.15, -0.1) is 0 Å². The Labute approximate surface area is 194 Å². The third-order valence-electron chi connectivity index (χ3n) is 6.35. The first-order valence-electron chi connectivity index (χ1n) is 11.5. The molecule has 0 saturated carbocycles. The molecule has 1 atom stereocenters. The van der Waals surface area contributed by atoms with Gasteiger partial charge in [0.2, 0.25) is 5.91 Å². The van der Waals surface area contributed by atoms with Crippen LogP contribution in [0.15, 0.2) is 36.4 Å². The average Bonchev–Trinajstić information content (AvgIpc) is 3.16. The zero-order valence-electron chi connectivity index (χ0n) is 19.8. The minimum Gasteiger partial charge on any atom is -0.491 e. The number of ether oxygens (including phenoxy) is 1. The van der Waals surface area contributed by atoms with Gasteiger partial charge in [-0.05, 0) is 70.4 Å². The lowest BCUT2D eigenvalue weighted by Crippen LogP contribution is -2.52. The summed E-state index contributed by atoms with van der Waals surface area (Å²) in [5, 5.41) is 3.01. The van der Waals surface area contributed by atoms with Crippen LogP contribution in [0.25, 0.3) is 11.0 Å². The molecular formula is C26H32N4O3. The molecule has 0 radical (unpaired) electrons. The molecule has 1 unspecified atom stereocenters. The van der Waals surface area contributed by atoms with Crippen LogP contribution in [0.5, 0.6) is 5.75 Å². The van der Waals surface area contributed by atoms with Crippen molar-refractivity contribution in [2.24, 2.45) is 5.41 Å². The van der Waals surface area contributed by atoms with E-state index in [1.54, 1.807) is 11.0 Å². The third-order valence-corrected chi connectivity index (χ3v) is 6.35. The van der Waals surface area contributed by atoms with Gasteiger partial charge in [-0.1, -0.05) is 17.7 Å². The number of aromatic amines is 1. The molecule has 1 saturated heterocycles. The van der Waals surface area contributed by atoms with E-state index in [4.69, 9.17) is 4.74 Å². The van der Waals surface area contributed by atoms with Gasteiger partial charge in [0.25, 0.3) is 5.91 Å². The van der Waals surface area contributed by atoms with Gasteiger partial charge in [0.05, 0.1) is 23.0 Å². The van der Waals surface area contributed by atoms with E-state index in [0.717, 1.165) is 41.0 Å². The van der Waals surface area contributed by atoms with E-state index in [-0.39, 0.29) is 11.8 Å². The molecule has 1 aliphatic rings. The summed E-state index contributed by atoms with van der Waals surface area (Å²) < 4.78 is 5.83. The monoisotopic (exact) mass is 448 g/mol. The number of nitrogens with one attached hydrogen (secondary N) is 2. The largest absolute Gasteiger partial charge is 0.491 e. The number of fused-ring (bicyclic) bond motifs is 1. The second-order valence-corrected chi connectivity index (χ2v) is 9.32. The maximum absolute atomic E-state index is 13.2. The summed E-state index contributed by atoms with van der Waals surface area (Å²) >= 11 is 0. The van der Waals surface area contributed by atoms with Crippen molar-refractivity contribution in [2.75, 3.05) is 26.2 Å². The van der Waals surface area contributed by atoms with Gasteiger partial charge < -0.3 is 19.9 Å². The average molecular weight is 449 g/mol. The number of H-pyrrole nitrogens is 1. The summed E-state index contributed by atoms with van der Waals surface area (Å²) in [4.78, 5) is 35.5. The number of aromatic nitrogens is 2. The zero-order valence-corrected chi connectivity index (χ0v) is 19.8. The van der Waals surface area contributed by atoms with Crippen molar-refractivity contribution in [3.8, 4) is 5.75 Å². The Morgan fingerprint density at radius 2 is 2.00 bits per heavy atom. The van der Waals surface area contributed by atoms with Gasteiger partial charge in [0, 0.05) is 18.7 Å². The van der Waals surface area contributed by atoms with Crippen LogP contribution in [-0.4, -0.2) is 52.9 Å². The van der Waals surface area contributed by atoms with Gasteiger partial charge >= 0.3 is 0 Å². The molecule has 33 heavy (non-hydrogen) atoms. The minimum atomic E-state index is -0.623. The summed E-state index contributed by atoms with van der Waals surface area (Å²) in [7, 11) is 0. The number of aryl methyl sites for hydroxylation is 3. The Morgan fingerprint density at radius 1 is 1.18 bits per heavy atom. The fraction of sp³-hybridized carbons (Fsp3) is 0.423. The fourth-order valence-corrected chi connectivity index (χ4v) is 4.55. The van der Waals surface area contributed by atoms with Crippen LogP contribution in [0.2, 0.25) is 0 Å². The van der Waals surface area contributed by atoms with Crippen molar-refractivity contribution in [1.82, 2.24) is 20.2 Å². The van der Waals surface area contributed by atoms with Gasteiger partial charge in [0.15, 0.2) is 0 Å². The highest BCUT2D eigenvalue weighted by atomic mass is 16.5. The number of piperidine rings is 1. The van der Waals surface area contributed by atoms with Crippen LogP contribution in [0, 0.1) is 26.2 Å². The van der Waals surface area contributed by atoms with Crippen molar-refractivity contribution < 1.29 is 14.3 Å². The Kier molecular flexibility index (Phi) is 6.40. The number of hydrogen-bond acceptors (Lipinski definition) is 4. The molecule has 2 heterocycles. The molecule has 3 aromatic rings. The fourth-order valence-electron chi connectivity index (χ4n) is 4.55. The first-order valence-corrected chi connectivity index (χ1v) is 11.5. The van der Waals surface area contributed by atoms with E-state index in [9.17, 15) is 9.59 Å². The standard InChI is InChI=1S/C26H32N4O3/c1-17-6-9-23(18(2)14-17)33-13-11-27-25(32)26(4)10-5-12-30(16-26)24(31)20-7-8-21-22(15-20)29-19(3)28-21/h6-9,14-15H,5,10-13,16H2,1-4H3,(H,27,32)(H,28,29). The normalized spacial score (nSPS) is 18.4. The lowest BCUT2D eigenvalue weighted by atomic mass is 9.80. The molecule has 4 rings (SSSR count). The minimum absolute atomic E-state index is 0.0381. The lowest BCUT2D eigenvalue weighted by molar-refractivity contribution is -0.132. The van der Waals surface area contributed by atoms with Crippen molar-refractivity contribution in [3.05, 3.63) is 58.9 Å². The summed E-state index contributed by atoms with van der Waals surface area (Å²) in [6.45, 7) is 9.77. The highest BCUT2D eigenvalue weighted by Gasteiger charge is 2.39. The van der Waals surface area contributed by atoms with Crippen LogP contribution >= 0.6 is 0 Å². The topological polar surface area (TPSA) is 87.3 Å². The SMILES string of the molecule is Cc1ccc(OCCNC(=O)C2(C)CCCN(C(=O)c3ccc4nc(C)[nH]c4c3)C2)c(C)c1. The van der Waals surface area contributed by atoms with Crippen LogP contribution in [0.1, 0.15) is 47.1 Å². The van der Waals surface area contributed by atoms with E-state index in [0.29, 0.717) is 31.8 Å². The van der Waals surface area contributed by atoms with Crippen molar-refractivity contribution in [1.29, 1.82) is 0 Å². The van der Waals surface area contributed by atoms with Crippen LogP contribution in [-0.2, 0) is 4.79 Å². The predicted octanol–water partition coefficient (Wildman–Crippen LogP) is 3.93. The number of likely N-dealkylation sites (tertiary alicyclic amines) is 1. The lowest BCUT2D eigenvalue weighted by Gasteiger charge is -2.39. The second kappa shape index (κ2) is 9.25. The number of imidazole rings is 1. The Balaban J connectivity index is 1.34. The van der Waals surface area contributed by atoms with E-state index >= 15 is 0 Å². The van der Waals surface area contributed by atoms with Crippen LogP contribution in [0.4, 0.5) is 0 Å². The smallest absolute Gasteiger partial charge is 0.253 e. The van der Waals surface area contributed by atoms with Gasteiger partial charge in [-0.3, -0.25) is 9.59 Å². The van der Waals surface area contributed by atoms with E-state index in [1.807, 2.05) is 52.0 Å². The molecule has 0 aliphatic carbocycles. The van der Waals surface area contributed by atoms with Crippen LogP contribution in [0.3, 0.4) is 0 Å². The Bertz CT molecular complexity index is 1190. The number of carbonyl (C=O) groups is 2. The molecule has 2 amide bonds. The number of benzene rings is 2. The molecule has 1 fully saturated rings. The second-order valence-electron chi connectivity index (χ2n) is 9.32. The number of nitrogens with zero attached hydrogens (tertiary/aromatic N) is 2. The van der Waals surface area contributed by atoms with Crippen molar-refractivity contribution >= 4 is 22.8 Å². The molecule has 7 heteroatoms. The molecule has 0 bridgehead atoms. The summed E-state index contributed by atoms with van der Waals surface area (Å²) in [6, 6.07) is 11.6. The summed E-state index contributed by atoms with van der Waals surface area (Å²) in [5.74, 6) is 1.56. The first kappa shape index (κ1) is 22.8. The highest BCUT2D eigenvalue weighted by Crippen LogP contribution is 2.31. The predicted molar refractivity (Wildman–Crippen MR) is 128 cm³/mol. The molecule has 1 aliphatic heterocycles. The number of hydrogen-bond donors (Lipinski definition) is 2. The zero-order chi connectivity index (χ0) is 23.6. The van der Waals surface area contributed by atoms with Gasteiger partial charge in [-0.2, -0.15) is 0 Å². The quantitative estimate of drug-likeness (QED) is 0.560. The number of rotatable bonds is 6. The third kappa shape index (κ3) is 5.02. The van der Waals surface area contributed by atoms with E-state index < -0.39 is 5.41 Å². The van der Waals surface area contributed by atoms with Crippen molar-refractivity contribution in [2.45, 2.75) is 40.5 Å². The maximum atomic E-state index is 13.2. The molecule has 1 aromatic heterocycles. The van der Waals surface area contributed by atoms with Gasteiger partial charge in [-0.25, -0.2) is 4.98 Å². The van der Waals surface area contributed by atoms with E-state index in [2.05, 4.69) is 21.4 Å². The Hall–Kier alpha value is -3.35. The summed E-state index contributed by atoms with van der Waals surface area (Å²) in [6.07, 6.45) is 1.54. The van der Waals surface area contributed by atoms with Crippen molar-refractivity contribution in [3.63, 3.8) is 0 Å².